The Morgan fingerprint density at radius 1 is 1.60 bits per heavy atom. The first-order chi connectivity index (χ1) is 6.90. The predicted octanol–water partition coefficient (Wildman–Crippen LogP) is -0.345. The number of thioether (sulfide) groups is 1. The van der Waals surface area contributed by atoms with E-state index < -0.39 is 17.6 Å². The van der Waals surface area contributed by atoms with Gasteiger partial charge in [0.1, 0.15) is 5.54 Å². The molecule has 0 saturated heterocycles. The average Bonchev–Trinajstić information content (AvgIpc) is 2.16. The van der Waals surface area contributed by atoms with Gasteiger partial charge in [-0.05, 0) is 25.5 Å². The fourth-order valence-electron chi connectivity index (χ4n) is 0.920. The quantitative estimate of drug-likeness (QED) is 0.430. The maximum absolute atomic E-state index is 10.6. The van der Waals surface area contributed by atoms with Crippen molar-refractivity contribution in [2.75, 3.05) is 18.1 Å². The van der Waals surface area contributed by atoms with Gasteiger partial charge in [0.15, 0.2) is 0 Å². The molecule has 0 saturated carbocycles. The summed E-state index contributed by atoms with van der Waals surface area (Å²) in [5.41, 5.74) is 4.36. The lowest BCUT2D eigenvalue weighted by Gasteiger charge is -2.18. The zero-order valence-electron chi connectivity index (χ0n) is 8.85. The Kier molecular flexibility index (Phi) is 6.91. The third-order valence-corrected chi connectivity index (χ3v) is 3.19. The summed E-state index contributed by atoms with van der Waals surface area (Å²) in [5.74, 6) is 0.199. The molecule has 90 valence electrons. The van der Waals surface area contributed by atoms with E-state index in [0.717, 1.165) is 5.75 Å². The molecule has 0 spiro atoms. The third kappa shape index (κ3) is 6.72. The Hall–Kier alpha value is -0.300. The zero-order valence-corrected chi connectivity index (χ0v) is 9.66. The largest absolute Gasteiger partial charge is 0.480 e. The number of carboxylic acids is 1. The highest BCUT2D eigenvalue weighted by molar-refractivity contribution is 7.99. The maximum atomic E-state index is 10.6. The molecule has 2 atom stereocenters. The Bertz CT molecular complexity index is 199. The van der Waals surface area contributed by atoms with Crippen LogP contribution in [0.25, 0.3) is 0 Å². The Morgan fingerprint density at radius 3 is 2.67 bits per heavy atom. The summed E-state index contributed by atoms with van der Waals surface area (Å²) in [6, 6.07) is 0. The molecule has 0 heterocycles. The van der Waals surface area contributed by atoms with Gasteiger partial charge in [-0.2, -0.15) is 11.8 Å². The number of carboxylic acid groups (broad SMARTS) is 1. The van der Waals surface area contributed by atoms with E-state index in [4.69, 9.17) is 21.1 Å². The topological polar surface area (TPSA) is 104 Å². The zero-order chi connectivity index (χ0) is 11.9. The number of aliphatic hydroxyl groups is 2. The molecule has 0 radical (unpaired) electrons. The van der Waals surface area contributed by atoms with E-state index >= 15 is 0 Å². The minimum Gasteiger partial charge on any atom is -0.480 e. The minimum absolute atomic E-state index is 0.239. The maximum Gasteiger partial charge on any atom is 0.323 e. The van der Waals surface area contributed by atoms with Crippen molar-refractivity contribution in [3.05, 3.63) is 0 Å². The number of hydrogen-bond donors (Lipinski definition) is 4. The summed E-state index contributed by atoms with van der Waals surface area (Å²) >= 11 is 1.48. The normalized spacial score (nSPS) is 17.1. The van der Waals surface area contributed by atoms with Crippen LogP contribution in [-0.4, -0.2) is 51.0 Å². The lowest BCUT2D eigenvalue weighted by atomic mass is 9.98. The van der Waals surface area contributed by atoms with Crippen molar-refractivity contribution in [2.24, 2.45) is 5.73 Å². The van der Waals surface area contributed by atoms with E-state index in [9.17, 15) is 4.79 Å². The highest BCUT2D eigenvalue weighted by atomic mass is 32.2. The lowest BCUT2D eigenvalue weighted by Crippen LogP contribution is -2.44. The van der Waals surface area contributed by atoms with Crippen LogP contribution in [0.2, 0.25) is 0 Å². The van der Waals surface area contributed by atoms with E-state index in [1.54, 1.807) is 0 Å². The Morgan fingerprint density at radius 2 is 2.20 bits per heavy atom. The molecule has 0 amide bonds. The molecule has 0 fully saturated rings. The van der Waals surface area contributed by atoms with E-state index in [-0.39, 0.29) is 6.61 Å². The van der Waals surface area contributed by atoms with Crippen LogP contribution in [-0.2, 0) is 4.79 Å². The fourth-order valence-corrected chi connectivity index (χ4v) is 1.81. The van der Waals surface area contributed by atoms with Crippen molar-refractivity contribution < 1.29 is 20.1 Å². The Labute approximate surface area is 93.7 Å². The molecule has 2 unspecified atom stereocenters. The first kappa shape index (κ1) is 14.7. The number of hydrogen-bond acceptors (Lipinski definition) is 5. The minimum atomic E-state index is -1.17. The molecule has 0 bridgehead atoms. The molecule has 5 nitrogen and oxygen atoms in total. The van der Waals surface area contributed by atoms with Crippen LogP contribution in [0.1, 0.15) is 19.8 Å². The Balaban J connectivity index is 3.51. The SMILES string of the molecule is CC(N)(CCCSCC(O)CO)C(=O)O. The number of aliphatic carboxylic acids is 1. The van der Waals surface area contributed by atoms with Crippen molar-refractivity contribution >= 4 is 17.7 Å². The van der Waals surface area contributed by atoms with Crippen molar-refractivity contribution in [3.63, 3.8) is 0 Å². The second-order valence-corrected chi connectivity index (χ2v) is 4.89. The fraction of sp³-hybridized carbons (Fsp3) is 0.889. The predicted molar refractivity (Wildman–Crippen MR) is 59.9 cm³/mol. The van der Waals surface area contributed by atoms with Gasteiger partial charge < -0.3 is 21.1 Å². The summed E-state index contributed by atoms with van der Waals surface area (Å²) in [5, 5.41) is 26.3. The van der Waals surface area contributed by atoms with Crippen LogP contribution in [0.5, 0.6) is 0 Å². The van der Waals surface area contributed by atoms with Gasteiger partial charge in [0, 0.05) is 5.75 Å². The van der Waals surface area contributed by atoms with Crippen molar-refractivity contribution in [1.29, 1.82) is 0 Å². The van der Waals surface area contributed by atoms with Gasteiger partial charge in [0.2, 0.25) is 0 Å². The van der Waals surface area contributed by atoms with E-state index in [0.29, 0.717) is 18.6 Å². The molecule has 0 aromatic rings. The summed E-state index contributed by atoms with van der Waals surface area (Å²) < 4.78 is 0. The summed E-state index contributed by atoms with van der Waals surface area (Å²) in [7, 11) is 0. The van der Waals surface area contributed by atoms with Gasteiger partial charge in [0.05, 0.1) is 12.7 Å². The van der Waals surface area contributed by atoms with Gasteiger partial charge >= 0.3 is 5.97 Å². The molecule has 0 aromatic carbocycles. The van der Waals surface area contributed by atoms with E-state index in [1.807, 2.05) is 0 Å². The smallest absolute Gasteiger partial charge is 0.323 e. The first-order valence-electron chi connectivity index (χ1n) is 4.79. The van der Waals surface area contributed by atoms with Gasteiger partial charge in [0.25, 0.3) is 0 Å². The van der Waals surface area contributed by atoms with Gasteiger partial charge in [-0.25, -0.2) is 0 Å². The van der Waals surface area contributed by atoms with Crippen LogP contribution in [0.15, 0.2) is 0 Å². The molecule has 15 heavy (non-hydrogen) atoms. The number of carbonyl (C=O) groups is 1. The highest BCUT2D eigenvalue weighted by Crippen LogP contribution is 2.13. The van der Waals surface area contributed by atoms with Gasteiger partial charge in [-0.15, -0.1) is 0 Å². The van der Waals surface area contributed by atoms with Gasteiger partial charge in [-0.1, -0.05) is 0 Å². The lowest BCUT2D eigenvalue weighted by molar-refractivity contribution is -0.142. The summed E-state index contributed by atoms with van der Waals surface area (Å²) in [4.78, 5) is 10.6. The summed E-state index contributed by atoms with van der Waals surface area (Å²) in [6.07, 6.45) is 0.394. The van der Waals surface area contributed by atoms with Crippen molar-refractivity contribution in [1.82, 2.24) is 0 Å². The van der Waals surface area contributed by atoms with E-state index in [2.05, 4.69) is 0 Å². The van der Waals surface area contributed by atoms with Crippen LogP contribution in [0.4, 0.5) is 0 Å². The van der Waals surface area contributed by atoms with Crippen LogP contribution < -0.4 is 5.73 Å². The molecule has 0 aliphatic heterocycles. The number of rotatable bonds is 8. The molecular weight excluding hydrogens is 218 g/mol. The van der Waals surface area contributed by atoms with Crippen LogP contribution in [0, 0.1) is 0 Å². The van der Waals surface area contributed by atoms with Crippen LogP contribution in [0.3, 0.4) is 0 Å². The molecular formula is C9H19NO4S. The molecule has 0 aromatic heterocycles. The molecule has 0 rings (SSSR count). The number of nitrogens with two attached hydrogens (primary N) is 1. The second kappa shape index (κ2) is 7.05. The molecule has 0 aliphatic rings. The monoisotopic (exact) mass is 237 g/mol. The van der Waals surface area contributed by atoms with Crippen molar-refractivity contribution in [3.8, 4) is 0 Å². The average molecular weight is 237 g/mol. The molecule has 6 heteroatoms. The van der Waals surface area contributed by atoms with E-state index in [1.165, 1.54) is 18.7 Å². The van der Waals surface area contributed by atoms with Crippen molar-refractivity contribution in [2.45, 2.75) is 31.4 Å². The first-order valence-corrected chi connectivity index (χ1v) is 5.94. The van der Waals surface area contributed by atoms with Crippen LogP contribution >= 0.6 is 11.8 Å². The van der Waals surface area contributed by atoms with Gasteiger partial charge in [-0.3, -0.25) is 4.79 Å². The number of aliphatic hydroxyl groups excluding tert-OH is 2. The molecule has 5 N–H and O–H groups in total. The third-order valence-electron chi connectivity index (χ3n) is 1.99. The second-order valence-electron chi connectivity index (χ2n) is 3.74. The highest BCUT2D eigenvalue weighted by Gasteiger charge is 2.26. The molecule has 0 aliphatic carbocycles. The summed E-state index contributed by atoms with van der Waals surface area (Å²) in [6.45, 7) is 1.25. The standard InChI is InChI=1S/C9H19NO4S/c1-9(10,8(13)14)3-2-4-15-6-7(12)5-11/h7,11-12H,2-6,10H2,1H3,(H,13,14).